The lowest BCUT2D eigenvalue weighted by Gasteiger charge is -2.34. The molecule has 0 saturated carbocycles. The Labute approximate surface area is 279 Å². The van der Waals surface area contributed by atoms with E-state index < -0.39 is 17.6 Å². The van der Waals surface area contributed by atoms with Crippen LogP contribution in [-0.4, -0.2) is 90.3 Å². The predicted molar refractivity (Wildman–Crippen MR) is 186 cm³/mol. The topological polar surface area (TPSA) is 99.0 Å². The van der Waals surface area contributed by atoms with E-state index in [1.807, 2.05) is 19.9 Å². The number of likely N-dealkylation sites (tertiary alicyclic amines) is 1. The molecule has 1 unspecified atom stereocenters. The number of hydrogen-bond donors (Lipinski definition) is 2. The minimum absolute atomic E-state index is 0.207. The second kappa shape index (κ2) is 16.3. The average Bonchev–Trinajstić information content (AvgIpc) is 3.45. The largest absolute Gasteiger partial charge is 0.354 e. The number of hydrogen-bond acceptors (Lipinski definition) is 5. The van der Waals surface area contributed by atoms with E-state index in [2.05, 4.69) is 41.5 Å². The standard InChI is InChI=1S/C38H52FN5O3/c1-38(2,40)21-8-13-35(45)43(4)34(26-28-14-17-29-10-6-7-11-30(29)24-28)37(47)44(5)33(25-27-15-18-31(39)19-16-27)36(46)41-22-20-32-12-9-23-42(32)3/h6,8,10,13-19,24,32-34H,7,9,11-12,20-23,25-26,40H2,1-5H3,(H,41,46)/b13-8+/t32?,33-,34-/m1/s1. The second-order valence-electron chi connectivity index (χ2n) is 13.9. The molecule has 2 aromatic rings. The van der Waals surface area contributed by atoms with Gasteiger partial charge in [-0.25, -0.2) is 4.39 Å². The van der Waals surface area contributed by atoms with Crippen molar-refractivity contribution >= 4 is 23.8 Å². The summed E-state index contributed by atoms with van der Waals surface area (Å²) in [5.74, 6) is -1.30. The van der Waals surface area contributed by atoms with E-state index in [-0.39, 0.29) is 36.4 Å². The number of likely N-dealkylation sites (N-methyl/N-ethyl adjacent to an activating group) is 2. The maximum Gasteiger partial charge on any atom is 0.246 e. The number of nitrogens with one attached hydrogen (secondary N) is 1. The van der Waals surface area contributed by atoms with Gasteiger partial charge in [0.25, 0.3) is 0 Å². The van der Waals surface area contributed by atoms with Crippen LogP contribution in [0.25, 0.3) is 6.08 Å². The molecule has 1 heterocycles. The summed E-state index contributed by atoms with van der Waals surface area (Å²) >= 11 is 0. The third-order valence-corrected chi connectivity index (χ3v) is 9.43. The van der Waals surface area contributed by atoms with E-state index in [4.69, 9.17) is 5.73 Å². The summed E-state index contributed by atoms with van der Waals surface area (Å²) in [7, 11) is 5.36. The summed E-state index contributed by atoms with van der Waals surface area (Å²) in [5.41, 5.74) is 9.69. The highest BCUT2D eigenvalue weighted by Gasteiger charge is 2.35. The number of fused-ring (bicyclic) bond motifs is 1. The van der Waals surface area contributed by atoms with Crippen molar-refractivity contribution in [3.63, 3.8) is 0 Å². The monoisotopic (exact) mass is 645 g/mol. The first-order chi connectivity index (χ1) is 22.3. The third-order valence-electron chi connectivity index (χ3n) is 9.43. The number of rotatable bonds is 14. The van der Waals surface area contributed by atoms with E-state index in [1.165, 1.54) is 33.6 Å². The fourth-order valence-electron chi connectivity index (χ4n) is 6.42. The Hall–Kier alpha value is -3.82. The van der Waals surface area contributed by atoms with Crippen LogP contribution in [-0.2, 0) is 33.6 Å². The molecule has 9 heteroatoms. The Kier molecular flexibility index (Phi) is 12.5. The van der Waals surface area contributed by atoms with Crippen molar-refractivity contribution in [3.8, 4) is 0 Å². The summed E-state index contributed by atoms with van der Waals surface area (Å²) in [6, 6.07) is 10.9. The van der Waals surface area contributed by atoms with Gasteiger partial charge in [0.1, 0.15) is 17.9 Å². The number of nitrogens with zero attached hydrogens (tertiary/aromatic N) is 3. The highest BCUT2D eigenvalue weighted by molar-refractivity contribution is 5.95. The van der Waals surface area contributed by atoms with Crippen LogP contribution in [0.3, 0.4) is 0 Å². The fraction of sp³-hybridized carbons (Fsp3) is 0.500. The van der Waals surface area contributed by atoms with E-state index in [1.54, 1.807) is 32.3 Å². The van der Waals surface area contributed by atoms with Crippen LogP contribution in [0.15, 0.2) is 60.7 Å². The SMILES string of the molecule is CN1CCCC1CCNC(=O)[C@@H](Cc1ccc(F)cc1)N(C)C(=O)[C@@H](Cc1ccc2c(c1)CCC=C2)N(C)C(=O)/C=C/CC(C)(C)N. The molecule has 1 saturated heterocycles. The van der Waals surface area contributed by atoms with Crippen LogP contribution in [0, 0.1) is 5.82 Å². The summed E-state index contributed by atoms with van der Waals surface area (Å²) in [5, 5.41) is 3.07. The van der Waals surface area contributed by atoms with Crippen molar-refractivity contribution in [2.24, 2.45) is 5.73 Å². The van der Waals surface area contributed by atoms with Gasteiger partial charge in [0.05, 0.1) is 0 Å². The highest BCUT2D eigenvalue weighted by Crippen LogP contribution is 2.23. The van der Waals surface area contributed by atoms with Crippen LogP contribution in [0.4, 0.5) is 4.39 Å². The average molecular weight is 646 g/mol. The first-order valence-electron chi connectivity index (χ1n) is 16.8. The first-order valence-corrected chi connectivity index (χ1v) is 16.8. The normalized spacial score (nSPS) is 17.7. The molecule has 1 aliphatic heterocycles. The lowest BCUT2D eigenvalue weighted by atomic mass is 9.92. The molecule has 2 aliphatic rings. The van der Waals surface area contributed by atoms with Gasteiger partial charge in [-0.15, -0.1) is 0 Å². The van der Waals surface area contributed by atoms with E-state index >= 15 is 0 Å². The molecule has 47 heavy (non-hydrogen) atoms. The molecule has 0 bridgehead atoms. The molecule has 2 aromatic carbocycles. The Morgan fingerprint density at radius 2 is 1.77 bits per heavy atom. The quantitative estimate of drug-likeness (QED) is 0.295. The molecule has 0 aromatic heterocycles. The fourth-order valence-corrected chi connectivity index (χ4v) is 6.42. The zero-order chi connectivity index (χ0) is 34.1. The van der Waals surface area contributed by atoms with Gasteiger partial charge in [-0.3, -0.25) is 14.4 Å². The smallest absolute Gasteiger partial charge is 0.246 e. The second-order valence-corrected chi connectivity index (χ2v) is 13.9. The lowest BCUT2D eigenvalue weighted by Crippen LogP contribution is -2.56. The molecule has 3 atom stereocenters. The van der Waals surface area contributed by atoms with Gasteiger partial charge in [0.15, 0.2) is 0 Å². The molecular formula is C38H52FN5O3. The zero-order valence-electron chi connectivity index (χ0n) is 28.7. The number of nitrogens with two attached hydrogens (primary N) is 1. The van der Waals surface area contributed by atoms with Crippen LogP contribution in [0.1, 0.15) is 68.2 Å². The van der Waals surface area contributed by atoms with Gasteiger partial charge in [0, 0.05) is 45.1 Å². The van der Waals surface area contributed by atoms with Gasteiger partial charge in [-0.1, -0.05) is 48.6 Å². The maximum absolute atomic E-state index is 14.5. The number of amides is 3. The molecule has 3 amide bonds. The summed E-state index contributed by atoms with van der Waals surface area (Å²) in [6.07, 6.45) is 13.4. The van der Waals surface area contributed by atoms with Crippen molar-refractivity contribution in [1.29, 1.82) is 0 Å². The van der Waals surface area contributed by atoms with Crippen LogP contribution >= 0.6 is 0 Å². The van der Waals surface area contributed by atoms with Gasteiger partial charge in [-0.05, 0) is 106 Å². The molecule has 4 rings (SSSR count). The first kappa shape index (κ1) is 36.0. The van der Waals surface area contributed by atoms with Gasteiger partial charge >= 0.3 is 0 Å². The van der Waals surface area contributed by atoms with Crippen molar-refractivity contribution < 1.29 is 18.8 Å². The van der Waals surface area contributed by atoms with Gasteiger partial charge in [0.2, 0.25) is 17.7 Å². The van der Waals surface area contributed by atoms with Gasteiger partial charge in [-0.2, -0.15) is 0 Å². The van der Waals surface area contributed by atoms with Crippen molar-refractivity contribution in [3.05, 3.63) is 88.8 Å². The molecule has 0 spiro atoms. The number of carbonyl (C=O) groups excluding carboxylic acids is 3. The molecular weight excluding hydrogens is 593 g/mol. The zero-order valence-corrected chi connectivity index (χ0v) is 28.7. The van der Waals surface area contributed by atoms with E-state index in [0.29, 0.717) is 19.0 Å². The Morgan fingerprint density at radius 3 is 2.45 bits per heavy atom. The number of allylic oxidation sites excluding steroid dienone is 1. The summed E-state index contributed by atoms with van der Waals surface area (Å²) in [4.78, 5) is 46.9. The minimum Gasteiger partial charge on any atom is -0.354 e. The number of benzene rings is 2. The molecule has 254 valence electrons. The number of carbonyl (C=O) groups is 3. The summed E-state index contributed by atoms with van der Waals surface area (Å²) < 4.78 is 13.8. The molecule has 3 N–H and O–H groups in total. The number of aryl methyl sites for hydroxylation is 1. The molecule has 1 aliphatic carbocycles. The summed E-state index contributed by atoms with van der Waals surface area (Å²) in [6.45, 7) is 5.31. The van der Waals surface area contributed by atoms with Crippen LogP contribution < -0.4 is 11.1 Å². The van der Waals surface area contributed by atoms with Crippen molar-refractivity contribution in [2.75, 3.05) is 34.2 Å². The van der Waals surface area contributed by atoms with E-state index in [9.17, 15) is 18.8 Å². The molecule has 8 nitrogen and oxygen atoms in total. The maximum atomic E-state index is 14.5. The molecule has 0 radical (unpaired) electrons. The van der Waals surface area contributed by atoms with Crippen molar-refractivity contribution in [1.82, 2.24) is 20.0 Å². The lowest BCUT2D eigenvalue weighted by molar-refractivity contribution is -0.146. The van der Waals surface area contributed by atoms with Crippen LogP contribution in [0.5, 0.6) is 0 Å². The Morgan fingerprint density at radius 1 is 1.06 bits per heavy atom. The molecule has 1 fully saturated rings. The Balaban J connectivity index is 1.59. The van der Waals surface area contributed by atoms with Crippen LogP contribution in [0.2, 0.25) is 0 Å². The van der Waals surface area contributed by atoms with Gasteiger partial charge < -0.3 is 25.8 Å². The highest BCUT2D eigenvalue weighted by atomic mass is 19.1. The number of halogens is 1. The predicted octanol–water partition coefficient (Wildman–Crippen LogP) is 4.51. The minimum atomic E-state index is -0.865. The third kappa shape index (κ3) is 10.3. The van der Waals surface area contributed by atoms with Crippen molar-refractivity contribution in [2.45, 2.75) is 88.9 Å². The Bertz CT molecular complexity index is 1450. The van der Waals surface area contributed by atoms with E-state index in [0.717, 1.165) is 55.3 Å².